The van der Waals surface area contributed by atoms with Crippen LogP contribution in [0.15, 0.2) is 61.1 Å². The van der Waals surface area contributed by atoms with Crippen molar-refractivity contribution in [1.82, 2.24) is 24.4 Å². The molecule has 0 atom stereocenters. The number of likely N-dealkylation sites (N-methyl/N-ethyl adjacent to an activating group) is 1. The molecular formula is C26H23N5O4. The minimum atomic E-state index is -0.453. The van der Waals surface area contributed by atoms with Crippen LogP contribution in [0.25, 0.3) is 22.2 Å². The predicted octanol–water partition coefficient (Wildman–Crippen LogP) is 3.00. The van der Waals surface area contributed by atoms with E-state index in [0.717, 1.165) is 22.4 Å². The largest absolute Gasteiger partial charge is 0.480 e. The smallest absolute Gasteiger partial charge is 0.319 e. The van der Waals surface area contributed by atoms with Gasteiger partial charge in [0.15, 0.2) is 0 Å². The lowest BCUT2D eigenvalue weighted by molar-refractivity contribution is -0.134. The van der Waals surface area contributed by atoms with Crippen molar-refractivity contribution in [2.45, 2.75) is 13.0 Å². The molecule has 5 rings (SSSR count). The maximum Gasteiger partial charge on any atom is 0.319 e. The molecule has 0 bridgehead atoms. The van der Waals surface area contributed by atoms with Gasteiger partial charge in [-0.05, 0) is 24.1 Å². The highest BCUT2D eigenvalue weighted by Crippen LogP contribution is 2.40. The van der Waals surface area contributed by atoms with E-state index in [1.165, 1.54) is 33.0 Å². The standard InChI is InChI=1S/C26H23N5O4/c1-30-24(32)20(18-14-28-26(35-3)29-23(18)34-2)21(25(30)33)19-15-31(22-17(19)10-7-12-27-22)13-11-16-8-5-4-6-9-16/h4-10,12,14-15H,11,13H2,1-3H3. The molecule has 4 heterocycles. The first-order chi connectivity index (χ1) is 17.0. The molecule has 0 saturated carbocycles. The Morgan fingerprint density at radius 3 is 2.34 bits per heavy atom. The molecule has 1 aromatic carbocycles. The van der Waals surface area contributed by atoms with Crippen molar-refractivity contribution in [3.8, 4) is 11.9 Å². The molecular weight excluding hydrogens is 446 g/mol. The van der Waals surface area contributed by atoms with Gasteiger partial charge in [0.1, 0.15) is 5.65 Å². The molecule has 4 aromatic rings. The van der Waals surface area contributed by atoms with Crippen molar-refractivity contribution in [2.75, 3.05) is 21.3 Å². The Kier molecular flexibility index (Phi) is 5.74. The summed E-state index contributed by atoms with van der Waals surface area (Å²) >= 11 is 0. The highest BCUT2D eigenvalue weighted by Gasteiger charge is 2.40. The lowest BCUT2D eigenvalue weighted by Crippen LogP contribution is -2.26. The molecule has 1 aliphatic rings. The number of benzene rings is 1. The maximum absolute atomic E-state index is 13.4. The van der Waals surface area contributed by atoms with Gasteiger partial charge < -0.3 is 14.0 Å². The van der Waals surface area contributed by atoms with E-state index >= 15 is 0 Å². The van der Waals surface area contributed by atoms with Crippen LogP contribution in [0.1, 0.15) is 16.7 Å². The summed E-state index contributed by atoms with van der Waals surface area (Å²) in [7, 11) is 4.34. The first kappa shape index (κ1) is 22.3. The zero-order valence-electron chi connectivity index (χ0n) is 19.6. The van der Waals surface area contributed by atoms with Crippen molar-refractivity contribution < 1.29 is 19.1 Å². The van der Waals surface area contributed by atoms with Crippen molar-refractivity contribution in [2.24, 2.45) is 0 Å². The number of carbonyl (C=O) groups excluding carboxylic acids is 2. The lowest BCUT2D eigenvalue weighted by atomic mass is 9.97. The van der Waals surface area contributed by atoms with Crippen molar-refractivity contribution >= 4 is 34.0 Å². The fraction of sp³-hybridized carbons (Fsp3) is 0.192. The van der Waals surface area contributed by atoms with E-state index in [1.54, 1.807) is 6.20 Å². The third kappa shape index (κ3) is 3.80. The number of ether oxygens (including phenoxy) is 2. The summed E-state index contributed by atoms with van der Waals surface area (Å²) in [5.74, 6) is -0.716. The quantitative estimate of drug-likeness (QED) is 0.384. The zero-order chi connectivity index (χ0) is 24.5. The fourth-order valence-corrected chi connectivity index (χ4v) is 4.30. The summed E-state index contributed by atoms with van der Waals surface area (Å²) in [5.41, 5.74) is 3.32. The molecule has 0 aliphatic carbocycles. The van der Waals surface area contributed by atoms with E-state index in [4.69, 9.17) is 9.47 Å². The summed E-state index contributed by atoms with van der Waals surface area (Å²) in [6.45, 7) is 0.660. The van der Waals surface area contributed by atoms with Gasteiger partial charge in [-0.2, -0.15) is 4.98 Å². The second kappa shape index (κ2) is 9.02. The zero-order valence-corrected chi connectivity index (χ0v) is 19.6. The van der Waals surface area contributed by atoms with Gasteiger partial charge in [0.25, 0.3) is 11.8 Å². The number of amides is 2. The van der Waals surface area contributed by atoms with Crippen LogP contribution in [-0.4, -0.2) is 57.5 Å². The SMILES string of the molecule is COc1ncc(C2=C(c3cn(CCc4ccccc4)c4ncccc34)C(=O)N(C)C2=O)c(OC)n1. The van der Waals surface area contributed by atoms with Gasteiger partial charge in [-0.3, -0.25) is 14.5 Å². The Hall–Kier alpha value is -4.53. The van der Waals surface area contributed by atoms with Gasteiger partial charge in [0, 0.05) is 43.1 Å². The van der Waals surface area contributed by atoms with E-state index in [9.17, 15) is 9.59 Å². The first-order valence-corrected chi connectivity index (χ1v) is 11.0. The average molecular weight is 470 g/mol. The van der Waals surface area contributed by atoms with Crippen LogP contribution in [0.5, 0.6) is 11.9 Å². The fourth-order valence-electron chi connectivity index (χ4n) is 4.30. The first-order valence-electron chi connectivity index (χ1n) is 11.0. The van der Waals surface area contributed by atoms with Gasteiger partial charge in [-0.1, -0.05) is 30.3 Å². The molecule has 3 aromatic heterocycles. The maximum atomic E-state index is 13.4. The summed E-state index contributed by atoms with van der Waals surface area (Å²) in [6, 6.07) is 14.0. The van der Waals surface area contributed by atoms with Gasteiger partial charge in [0.05, 0.1) is 30.9 Å². The predicted molar refractivity (Wildman–Crippen MR) is 130 cm³/mol. The van der Waals surface area contributed by atoms with Crippen LogP contribution in [0.3, 0.4) is 0 Å². The van der Waals surface area contributed by atoms with E-state index in [2.05, 4.69) is 27.1 Å². The Labute approximate surface area is 201 Å². The summed E-state index contributed by atoms with van der Waals surface area (Å²) in [6.07, 6.45) is 5.84. The summed E-state index contributed by atoms with van der Waals surface area (Å²) in [4.78, 5) is 40.6. The number of aromatic nitrogens is 4. The number of hydrogen-bond acceptors (Lipinski definition) is 7. The van der Waals surface area contributed by atoms with Gasteiger partial charge >= 0.3 is 6.01 Å². The number of hydrogen-bond donors (Lipinski definition) is 0. The van der Waals surface area contributed by atoms with Crippen molar-refractivity contribution in [3.63, 3.8) is 0 Å². The molecule has 9 heteroatoms. The lowest BCUT2D eigenvalue weighted by Gasteiger charge is -2.10. The highest BCUT2D eigenvalue weighted by molar-refractivity contribution is 6.49. The number of nitrogens with zero attached hydrogens (tertiary/aromatic N) is 5. The molecule has 2 amide bonds. The molecule has 0 saturated heterocycles. The van der Waals surface area contributed by atoms with Crippen molar-refractivity contribution in [3.05, 3.63) is 77.7 Å². The van der Waals surface area contributed by atoms with E-state index in [-0.39, 0.29) is 23.0 Å². The van der Waals surface area contributed by atoms with Crippen molar-refractivity contribution in [1.29, 1.82) is 0 Å². The van der Waals surface area contributed by atoms with Crippen LogP contribution in [0.2, 0.25) is 0 Å². The van der Waals surface area contributed by atoms with Gasteiger partial charge in [0.2, 0.25) is 5.88 Å². The molecule has 0 radical (unpaired) electrons. The minimum absolute atomic E-state index is 0.0968. The Balaban J connectivity index is 1.69. The Morgan fingerprint density at radius 2 is 1.63 bits per heavy atom. The second-order valence-electron chi connectivity index (χ2n) is 8.05. The minimum Gasteiger partial charge on any atom is -0.480 e. The number of pyridine rings is 1. The molecule has 9 nitrogen and oxygen atoms in total. The van der Waals surface area contributed by atoms with Crippen LogP contribution in [-0.2, 0) is 22.6 Å². The Bertz CT molecular complexity index is 1480. The number of fused-ring (bicyclic) bond motifs is 1. The van der Waals surface area contributed by atoms with E-state index in [0.29, 0.717) is 17.7 Å². The summed E-state index contributed by atoms with van der Waals surface area (Å²) < 4.78 is 12.5. The van der Waals surface area contributed by atoms with Crippen LogP contribution in [0, 0.1) is 0 Å². The highest BCUT2D eigenvalue weighted by atomic mass is 16.5. The molecule has 0 spiro atoms. The number of methoxy groups -OCH3 is 2. The van der Waals surface area contributed by atoms with Gasteiger partial charge in [-0.15, -0.1) is 0 Å². The van der Waals surface area contributed by atoms with Gasteiger partial charge in [-0.25, -0.2) is 9.97 Å². The third-order valence-corrected chi connectivity index (χ3v) is 6.05. The monoisotopic (exact) mass is 469 g/mol. The molecule has 35 heavy (non-hydrogen) atoms. The van der Waals surface area contributed by atoms with E-state index in [1.807, 2.05) is 41.1 Å². The molecule has 0 N–H and O–H groups in total. The number of rotatable bonds is 7. The van der Waals surface area contributed by atoms with Crippen LogP contribution < -0.4 is 9.47 Å². The molecule has 176 valence electrons. The third-order valence-electron chi connectivity index (χ3n) is 6.05. The molecule has 0 fully saturated rings. The molecule has 0 unspecified atom stereocenters. The van der Waals surface area contributed by atoms with E-state index < -0.39 is 11.8 Å². The normalized spacial score (nSPS) is 13.7. The summed E-state index contributed by atoms with van der Waals surface area (Å²) in [5, 5.41) is 0.776. The topological polar surface area (TPSA) is 99.4 Å². The molecule has 1 aliphatic heterocycles. The number of carbonyl (C=O) groups is 2. The Morgan fingerprint density at radius 1 is 0.886 bits per heavy atom. The number of imide groups is 1. The average Bonchev–Trinajstić information content (AvgIpc) is 3.37. The second-order valence-corrected chi connectivity index (χ2v) is 8.05. The van der Waals surface area contributed by atoms with Crippen LogP contribution >= 0.6 is 0 Å². The number of aryl methyl sites for hydroxylation is 2. The van der Waals surface area contributed by atoms with Crippen LogP contribution in [0.4, 0.5) is 0 Å².